The van der Waals surface area contributed by atoms with Crippen LogP contribution < -0.4 is 5.32 Å². The van der Waals surface area contributed by atoms with Crippen molar-refractivity contribution in [3.05, 3.63) is 57.3 Å². The second kappa shape index (κ2) is 6.01. The van der Waals surface area contributed by atoms with Crippen LogP contribution in [-0.2, 0) is 12.7 Å². The van der Waals surface area contributed by atoms with Crippen LogP contribution in [0.25, 0.3) is 0 Å². The molecule has 0 bridgehead atoms. The Morgan fingerprint density at radius 1 is 1.20 bits per heavy atom. The summed E-state index contributed by atoms with van der Waals surface area (Å²) in [6.07, 6.45) is -2.75. The van der Waals surface area contributed by atoms with Gasteiger partial charge in [-0.1, -0.05) is 23.7 Å². The van der Waals surface area contributed by atoms with Gasteiger partial charge >= 0.3 is 6.18 Å². The quantitative estimate of drug-likeness (QED) is 0.763. The van der Waals surface area contributed by atoms with Crippen molar-refractivity contribution in [3.8, 4) is 0 Å². The Hall–Kier alpha value is -1.27. The molecule has 0 aliphatic heterocycles. The van der Waals surface area contributed by atoms with Gasteiger partial charge in [0.05, 0.1) is 11.3 Å². The number of aromatic nitrogens is 1. The van der Waals surface area contributed by atoms with Crippen LogP contribution in [0.4, 0.5) is 18.9 Å². The summed E-state index contributed by atoms with van der Waals surface area (Å²) in [6, 6.07) is 6.71. The predicted octanol–water partition coefficient (Wildman–Crippen LogP) is 5.13. The van der Waals surface area contributed by atoms with Crippen molar-refractivity contribution in [1.82, 2.24) is 4.98 Å². The van der Waals surface area contributed by atoms with E-state index in [9.17, 15) is 13.2 Å². The fraction of sp³-hybridized carbons (Fsp3) is 0.154. The first-order chi connectivity index (χ1) is 9.36. The van der Waals surface area contributed by atoms with Gasteiger partial charge in [-0.15, -0.1) is 0 Å². The molecule has 0 spiro atoms. The van der Waals surface area contributed by atoms with Crippen molar-refractivity contribution < 1.29 is 13.2 Å². The topological polar surface area (TPSA) is 24.9 Å². The van der Waals surface area contributed by atoms with Crippen molar-refractivity contribution in [2.75, 3.05) is 5.32 Å². The summed E-state index contributed by atoms with van der Waals surface area (Å²) in [5, 5.41) is 3.33. The first-order valence-electron chi connectivity index (χ1n) is 5.57. The number of hydrogen-bond acceptors (Lipinski definition) is 2. The van der Waals surface area contributed by atoms with E-state index in [2.05, 4.69) is 26.2 Å². The Labute approximate surface area is 127 Å². The maximum absolute atomic E-state index is 12.4. The van der Waals surface area contributed by atoms with Crippen LogP contribution in [0.3, 0.4) is 0 Å². The molecule has 0 aliphatic carbocycles. The highest BCUT2D eigenvalue weighted by Gasteiger charge is 2.29. The fourth-order valence-corrected chi connectivity index (χ4v) is 2.06. The van der Waals surface area contributed by atoms with E-state index in [1.54, 1.807) is 12.3 Å². The minimum absolute atomic E-state index is 0.306. The summed E-state index contributed by atoms with van der Waals surface area (Å²) in [4.78, 5) is 3.94. The Morgan fingerprint density at radius 3 is 2.45 bits per heavy atom. The number of halogens is 5. The lowest BCUT2D eigenvalue weighted by Gasteiger charge is -2.10. The summed E-state index contributed by atoms with van der Waals surface area (Å²) in [5.74, 6) is 0. The molecule has 2 aromatic rings. The van der Waals surface area contributed by atoms with Gasteiger partial charge in [0.1, 0.15) is 0 Å². The molecule has 1 N–H and O–H groups in total. The van der Waals surface area contributed by atoms with Gasteiger partial charge in [-0.2, -0.15) is 13.2 Å². The molecule has 106 valence electrons. The van der Waals surface area contributed by atoms with Crippen LogP contribution in [0.2, 0.25) is 5.15 Å². The predicted molar refractivity (Wildman–Crippen MR) is 75.7 cm³/mol. The minimum Gasteiger partial charge on any atom is -0.378 e. The fourth-order valence-electron chi connectivity index (χ4n) is 1.56. The van der Waals surface area contributed by atoms with Crippen molar-refractivity contribution >= 4 is 33.2 Å². The summed E-state index contributed by atoms with van der Waals surface area (Å²) in [5.41, 5.74) is 0.665. The molecule has 0 saturated heterocycles. The molecule has 1 heterocycles. The maximum atomic E-state index is 12.4. The molecular weight excluding hydrogens is 357 g/mol. The zero-order valence-corrected chi connectivity index (χ0v) is 12.4. The van der Waals surface area contributed by atoms with E-state index in [0.717, 1.165) is 16.6 Å². The lowest BCUT2D eigenvalue weighted by Crippen LogP contribution is -2.06. The van der Waals surface area contributed by atoms with Crippen LogP contribution in [0, 0.1) is 0 Å². The molecule has 2 rings (SSSR count). The molecule has 1 aromatic carbocycles. The van der Waals surface area contributed by atoms with Gasteiger partial charge in [0.25, 0.3) is 0 Å². The number of rotatable bonds is 3. The molecule has 0 aliphatic rings. The molecule has 0 atom stereocenters. The Kier molecular flexibility index (Phi) is 4.55. The van der Waals surface area contributed by atoms with Gasteiger partial charge < -0.3 is 5.32 Å². The van der Waals surface area contributed by atoms with E-state index < -0.39 is 11.7 Å². The maximum Gasteiger partial charge on any atom is 0.416 e. The van der Waals surface area contributed by atoms with Gasteiger partial charge in [-0.25, -0.2) is 4.98 Å². The molecule has 7 heteroatoms. The SMILES string of the molecule is FC(F)(F)c1ccc(CNc2cc(Br)cnc2Cl)cc1. The van der Waals surface area contributed by atoms with Gasteiger partial charge in [0.15, 0.2) is 5.15 Å². The molecule has 1 aromatic heterocycles. The van der Waals surface area contributed by atoms with Gasteiger partial charge in [-0.05, 0) is 39.7 Å². The lowest BCUT2D eigenvalue weighted by molar-refractivity contribution is -0.137. The van der Waals surface area contributed by atoms with Crippen molar-refractivity contribution in [2.45, 2.75) is 12.7 Å². The van der Waals surface area contributed by atoms with Crippen LogP contribution in [0.15, 0.2) is 41.0 Å². The molecular formula is C13H9BrClF3N2. The van der Waals surface area contributed by atoms with Gasteiger partial charge in [0.2, 0.25) is 0 Å². The van der Waals surface area contributed by atoms with Crippen molar-refractivity contribution in [2.24, 2.45) is 0 Å². The van der Waals surface area contributed by atoms with Gasteiger partial charge in [0, 0.05) is 17.2 Å². The molecule has 0 unspecified atom stereocenters. The van der Waals surface area contributed by atoms with E-state index in [1.165, 1.54) is 12.1 Å². The summed E-state index contributed by atoms with van der Waals surface area (Å²) in [7, 11) is 0. The summed E-state index contributed by atoms with van der Waals surface area (Å²) in [6.45, 7) is 0.357. The highest BCUT2D eigenvalue weighted by Crippen LogP contribution is 2.29. The third kappa shape index (κ3) is 3.86. The number of nitrogens with zero attached hydrogens (tertiary/aromatic N) is 1. The molecule has 0 fully saturated rings. The minimum atomic E-state index is -4.32. The average Bonchev–Trinajstić information content (AvgIpc) is 2.39. The number of pyridine rings is 1. The van der Waals surface area contributed by atoms with E-state index >= 15 is 0 Å². The number of anilines is 1. The number of benzene rings is 1. The van der Waals surface area contributed by atoms with Crippen LogP contribution >= 0.6 is 27.5 Å². The second-order valence-corrected chi connectivity index (χ2v) is 5.31. The van der Waals surface area contributed by atoms with Gasteiger partial charge in [-0.3, -0.25) is 0 Å². The third-order valence-corrected chi connectivity index (χ3v) is 3.30. The summed E-state index contributed by atoms with van der Waals surface area (Å²) >= 11 is 9.17. The first-order valence-corrected chi connectivity index (χ1v) is 6.74. The van der Waals surface area contributed by atoms with E-state index in [1.807, 2.05) is 0 Å². The number of alkyl halides is 3. The number of nitrogens with one attached hydrogen (secondary N) is 1. The Bertz CT molecular complexity index is 600. The zero-order valence-electron chi connectivity index (χ0n) is 10.0. The normalized spacial score (nSPS) is 11.4. The molecule has 2 nitrogen and oxygen atoms in total. The molecule has 0 amide bonds. The van der Waals surface area contributed by atoms with Crippen LogP contribution in [0.1, 0.15) is 11.1 Å². The first kappa shape index (κ1) is 15.1. The Balaban J connectivity index is 2.06. The van der Waals surface area contributed by atoms with Crippen LogP contribution in [0.5, 0.6) is 0 Å². The largest absolute Gasteiger partial charge is 0.416 e. The summed E-state index contributed by atoms with van der Waals surface area (Å²) < 4.78 is 38.0. The average molecular weight is 366 g/mol. The van der Waals surface area contributed by atoms with E-state index in [0.29, 0.717) is 22.9 Å². The lowest BCUT2D eigenvalue weighted by atomic mass is 10.1. The molecule has 20 heavy (non-hydrogen) atoms. The van der Waals surface area contributed by atoms with E-state index in [-0.39, 0.29) is 0 Å². The highest BCUT2D eigenvalue weighted by molar-refractivity contribution is 9.10. The van der Waals surface area contributed by atoms with Crippen LogP contribution in [-0.4, -0.2) is 4.98 Å². The van der Waals surface area contributed by atoms with E-state index in [4.69, 9.17) is 11.6 Å². The Morgan fingerprint density at radius 2 is 1.85 bits per heavy atom. The molecule has 0 radical (unpaired) electrons. The smallest absolute Gasteiger partial charge is 0.378 e. The monoisotopic (exact) mass is 364 g/mol. The zero-order chi connectivity index (χ0) is 14.8. The third-order valence-electron chi connectivity index (χ3n) is 2.57. The number of hydrogen-bond donors (Lipinski definition) is 1. The second-order valence-electron chi connectivity index (χ2n) is 4.04. The molecule has 0 saturated carbocycles. The van der Waals surface area contributed by atoms with Crippen molar-refractivity contribution in [3.63, 3.8) is 0 Å². The van der Waals surface area contributed by atoms with Crippen molar-refractivity contribution in [1.29, 1.82) is 0 Å². The standard InChI is InChI=1S/C13H9BrClF3N2/c14-10-5-11(12(15)20-7-10)19-6-8-1-3-9(4-2-8)13(16,17)18/h1-5,7,19H,6H2. The highest BCUT2D eigenvalue weighted by atomic mass is 79.9.